The van der Waals surface area contributed by atoms with Crippen LogP contribution in [0.4, 0.5) is 0 Å². The van der Waals surface area contributed by atoms with Gasteiger partial charge in [0, 0.05) is 12.6 Å². The topological polar surface area (TPSA) is 35.5 Å². The minimum absolute atomic E-state index is 0.120. The predicted molar refractivity (Wildman–Crippen MR) is 59.4 cm³/mol. The molecule has 1 saturated carbocycles. The molecule has 3 heteroatoms. The number of nitrogens with one attached hydrogen (secondary N) is 1. The van der Waals surface area contributed by atoms with Gasteiger partial charge >= 0.3 is 0 Å². The second-order valence-corrected chi connectivity index (χ2v) is 4.88. The molecule has 14 heavy (non-hydrogen) atoms. The summed E-state index contributed by atoms with van der Waals surface area (Å²) in [4.78, 5) is 2.28. The molecule has 0 aromatic heterocycles. The van der Waals surface area contributed by atoms with E-state index in [1.807, 2.05) is 0 Å². The van der Waals surface area contributed by atoms with Gasteiger partial charge in [-0.1, -0.05) is 6.92 Å². The molecule has 84 valence electrons. The summed E-state index contributed by atoms with van der Waals surface area (Å²) < 4.78 is 0. The van der Waals surface area contributed by atoms with Crippen molar-refractivity contribution < 1.29 is 5.11 Å². The Hall–Kier alpha value is -0.120. The highest BCUT2D eigenvalue weighted by atomic mass is 16.3. The number of aliphatic hydroxyl groups is 1. The van der Waals surface area contributed by atoms with Crippen LogP contribution in [0.3, 0.4) is 0 Å². The van der Waals surface area contributed by atoms with Crippen molar-refractivity contribution in [1.29, 1.82) is 0 Å². The Morgan fingerprint density at radius 3 is 2.57 bits per heavy atom. The lowest BCUT2D eigenvalue weighted by Gasteiger charge is -2.33. The van der Waals surface area contributed by atoms with Crippen LogP contribution in [0.5, 0.6) is 0 Å². The van der Waals surface area contributed by atoms with E-state index in [0.717, 1.165) is 13.1 Å². The molecule has 1 aliphatic carbocycles. The Labute approximate surface area is 87.5 Å². The predicted octanol–water partition coefficient (Wildman–Crippen LogP) is 0.831. The highest BCUT2D eigenvalue weighted by Crippen LogP contribution is 2.22. The zero-order chi connectivity index (χ0) is 10.6. The third-order valence-corrected chi connectivity index (χ3v) is 2.70. The molecule has 3 nitrogen and oxygen atoms in total. The highest BCUT2D eigenvalue weighted by molar-refractivity contribution is 4.93. The summed E-state index contributed by atoms with van der Waals surface area (Å²) >= 11 is 0. The van der Waals surface area contributed by atoms with Crippen LogP contribution in [0.25, 0.3) is 0 Å². The fourth-order valence-electron chi connectivity index (χ4n) is 1.92. The molecule has 0 spiro atoms. The minimum Gasteiger partial charge on any atom is -0.394 e. The van der Waals surface area contributed by atoms with Gasteiger partial charge in [-0.05, 0) is 39.8 Å². The van der Waals surface area contributed by atoms with Crippen LogP contribution >= 0.6 is 0 Å². The maximum Gasteiger partial charge on any atom is 0.0623 e. The first kappa shape index (κ1) is 12.0. The van der Waals surface area contributed by atoms with Crippen molar-refractivity contribution in [3.63, 3.8) is 0 Å². The van der Waals surface area contributed by atoms with Crippen LogP contribution in [0.1, 0.15) is 33.1 Å². The third-order valence-electron chi connectivity index (χ3n) is 2.70. The summed E-state index contributed by atoms with van der Waals surface area (Å²) in [5.74, 6) is 0. The Bertz CT molecular complexity index is 171. The van der Waals surface area contributed by atoms with Crippen molar-refractivity contribution in [1.82, 2.24) is 10.2 Å². The van der Waals surface area contributed by atoms with Gasteiger partial charge < -0.3 is 15.3 Å². The second kappa shape index (κ2) is 5.10. The lowest BCUT2D eigenvalue weighted by molar-refractivity contribution is 0.130. The molecule has 0 aromatic rings. The van der Waals surface area contributed by atoms with Crippen LogP contribution in [0, 0.1) is 0 Å². The lowest BCUT2D eigenvalue weighted by atomic mass is 10.0. The molecule has 0 bridgehead atoms. The van der Waals surface area contributed by atoms with E-state index >= 15 is 0 Å². The molecule has 0 saturated heterocycles. The van der Waals surface area contributed by atoms with Crippen molar-refractivity contribution in [3.8, 4) is 0 Å². The zero-order valence-corrected chi connectivity index (χ0v) is 9.71. The summed E-state index contributed by atoms with van der Waals surface area (Å²) in [5, 5.41) is 12.9. The molecular formula is C11H24N2O. The number of hydrogen-bond acceptors (Lipinski definition) is 3. The van der Waals surface area contributed by atoms with E-state index in [4.69, 9.17) is 0 Å². The zero-order valence-electron chi connectivity index (χ0n) is 9.71. The molecule has 2 N–H and O–H groups in total. The van der Waals surface area contributed by atoms with Crippen molar-refractivity contribution >= 4 is 0 Å². The van der Waals surface area contributed by atoms with E-state index in [1.165, 1.54) is 19.3 Å². The smallest absolute Gasteiger partial charge is 0.0623 e. The molecule has 1 rings (SSSR count). The van der Waals surface area contributed by atoms with Gasteiger partial charge in [0.15, 0.2) is 0 Å². The first-order valence-corrected chi connectivity index (χ1v) is 5.67. The molecule has 0 aromatic carbocycles. The fraction of sp³-hybridized carbons (Fsp3) is 1.00. The van der Waals surface area contributed by atoms with E-state index in [-0.39, 0.29) is 12.1 Å². The van der Waals surface area contributed by atoms with Gasteiger partial charge in [-0.25, -0.2) is 0 Å². The van der Waals surface area contributed by atoms with Gasteiger partial charge in [-0.2, -0.15) is 0 Å². The average Bonchev–Trinajstić information content (AvgIpc) is 2.88. The van der Waals surface area contributed by atoms with E-state index in [1.54, 1.807) is 0 Å². The number of aliphatic hydroxyl groups excluding tert-OH is 1. The number of hydrogen-bond donors (Lipinski definition) is 2. The Morgan fingerprint density at radius 2 is 2.14 bits per heavy atom. The molecule has 1 unspecified atom stereocenters. The monoisotopic (exact) mass is 200 g/mol. The maximum absolute atomic E-state index is 9.39. The van der Waals surface area contributed by atoms with Gasteiger partial charge in [0.2, 0.25) is 0 Å². The van der Waals surface area contributed by atoms with Crippen LogP contribution in [0.2, 0.25) is 0 Å². The minimum atomic E-state index is -0.120. The number of likely N-dealkylation sites (N-methyl/N-ethyl adjacent to an activating group) is 1. The van der Waals surface area contributed by atoms with Gasteiger partial charge in [0.1, 0.15) is 0 Å². The first-order valence-electron chi connectivity index (χ1n) is 5.67. The van der Waals surface area contributed by atoms with Crippen LogP contribution in [0.15, 0.2) is 0 Å². The Kier molecular flexibility index (Phi) is 4.35. The summed E-state index contributed by atoms with van der Waals surface area (Å²) in [7, 11) is 2.12. The number of nitrogens with zero attached hydrogens (tertiary/aromatic N) is 1. The molecule has 0 aliphatic heterocycles. The van der Waals surface area contributed by atoms with Gasteiger partial charge in [-0.3, -0.25) is 0 Å². The first-order chi connectivity index (χ1) is 6.59. The average molecular weight is 200 g/mol. The van der Waals surface area contributed by atoms with E-state index < -0.39 is 0 Å². The van der Waals surface area contributed by atoms with E-state index in [2.05, 4.69) is 31.1 Å². The van der Waals surface area contributed by atoms with Crippen LogP contribution in [-0.4, -0.2) is 48.3 Å². The van der Waals surface area contributed by atoms with Crippen molar-refractivity contribution in [3.05, 3.63) is 0 Å². The summed E-state index contributed by atoms with van der Waals surface area (Å²) in [6.07, 6.45) is 3.71. The molecular weight excluding hydrogens is 176 g/mol. The summed E-state index contributed by atoms with van der Waals surface area (Å²) in [6, 6.07) is 0.655. The second-order valence-electron chi connectivity index (χ2n) is 4.88. The molecule has 1 fully saturated rings. The molecule has 0 heterocycles. The van der Waals surface area contributed by atoms with Crippen molar-refractivity contribution in [2.75, 3.05) is 26.7 Å². The lowest BCUT2D eigenvalue weighted by Crippen LogP contribution is -2.54. The highest BCUT2D eigenvalue weighted by Gasteiger charge is 2.32. The van der Waals surface area contributed by atoms with Gasteiger partial charge in [-0.15, -0.1) is 0 Å². The fourth-order valence-corrected chi connectivity index (χ4v) is 1.92. The third kappa shape index (κ3) is 3.95. The van der Waals surface area contributed by atoms with Gasteiger partial charge in [0.05, 0.1) is 12.1 Å². The summed E-state index contributed by atoms with van der Waals surface area (Å²) in [6.45, 7) is 6.53. The summed E-state index contributed by atoms with van der Waals surface area (Å²) in [5.41, 5.74) is -0.120. The standard InChI is InChI=1S/C11H24N2O/c1-4-7-13(3)8-11(2,9-14)12-10-5-6-10/h10,12,14H,4-9H2,1-3H3. The Morgan fingerprint density at radius 1 is 1.50 bits per heavy atom. The van der Waals surface area contributed by atoms with E-state index in [9.17, 15) is 5.11 Å². The van der Waals surface area contributed by atoms with Crippen molar-refractivity contribution in [2.45, 2.75) is 44.7 Å². The SMILES string of the molecule is CCCN(C)CC(C)(CO)NC1CC1. The van der Waals surface area contributed by atoms with Gasteiger partial charge in [0.25, 0.3) is 0 Å². The molecule has 0 radical (unpaired) electrons. The maximum atomic E-state index is 9.39. The number of rotatable bonds is 7. The normalized spacial score (nSPS) is 21.2. The molecule has 0 amide bonds. The largest absolute Gasteiger partial charge is 0.394 e. The van der Waals surface area contributed by atoms with E-state index in [0.29, 0.717) is 6.04 Å². The Balaban J connectivity index is 2.33. The molecule has 1 aliphatic rings. The quantitative estimate of drug-likeness (QED) is 0.639. The van der Waals surface area contributed by atoms with Crippen LogP contribution < -0.4 is 5.32 Å². The molecule has 1 atom stereocenters. The van der Waals surface area contributed by atoms with Crippen molar-refractivity contribution in [2.24, 2.45) is 0 Å². The van der Waals surface area contributed by atoms with Crippen LogP contribution in [-0.2, 0) is 0 Å².